The van der Waals surface area contributed by atoms with Crippen molar-refractivity contribution < 1.29 is 14.3 Å². The van der Waals surface area contributed by atoms with E-state index in [4.69, 9.17) is 4.74 Å². The Kier molecular flexibility index (Phi) is 4.57. The number of rotatable bonds is 4. The fourth-order valence-corrected chi connectivity index (χ4v) is 3.25. The first kappa shape index (κ1) is 15.5. The van der Waals surface area contributed by atoms with Crippen LogP contribution in [-0.2, 0) is 9.59 Å². The third kappa shape index (κ3) is 3.50. The van der Waals surface area contributed by atoms with Gasteiger partial charge in [-0.15, -0.1) is 0 Å². The normalized spacial score (nSPS) is 14.8. The van der Waals surface area contributed by atoms with Crippen molar-refractivity contribution >= 4 is 33.4 Å². The van der Waals surface area contributed by atoms with Gasteiger partial charge in [-0.2, -0.15) is 0 Å². The number of thiazole rings is 1. The number of nitrogens with zero attached hydrogens (tertiary/aromatic N) is 3. The minimum absolute atomic E-state index is 0.0325. The predicted octanol–water partition coefficient (Wildman–Crippen LogP) is 1.53. The summed E-state index contributed by atoms with van der Waals surface area (Å²) in [4.78, 5) is 31.4. The number of carbonyl (C=O) groups is 2. The highest BCUT2D eigenvalue weighted by molar-refractivity contribution is 7.20. The average Bonchev–Trinajstić information content (AvgIpc) is 3.02. The number of ether oxygens (including phenoxy) is 1. The Hall–Kier alpha value is -2.41. The standard InChI is InChI=1S/C16H17N3O3S/c1-2-14(20)18-7-9-19(10-8-18)15(21)11-22-16-17-12-5-3-4-6-13(12)23-16/h2-6H,1,7-11H2. The van der Waals surface area contributed by atoms with Crippen LogP contribution in [-0.4, -0.2) is 59.4 Å². The van der Waals surface area contributed by atoms with Crippen LogP contribution in [0.25, 0.3) is 10.2 Å². The lowest BCUT2D eigenvalue weighted by Crippen LogP contribution is -2.51. The molecule has 120 valence electrons. The van der Waals surface area contributed by atoms with Gasteiger partial charge in [0.15, 0.2) is 6.61 Å². The lowest BCUT2D eigenvalue weighted by molar-refractivity contribution is -0.138. The molecule has 1 aliphatic heterocycles. The SMILES string of the molecule is C=CC(=O)N1CCN(C(=O)COc2nc3ccccc3s2)CC1. The fourth-order valence-electron chi connectivity index (χ4n) is 2.43. The van der Waals surface area contributed by atoms with Gasteiger partial charge in [-0.05, 0) is 18.2 Å². The lowest BCUT2D eigenvalue weighted by Gasteiger charge is -2.34. The summed E-state index contributed by atoms with van der Waals surface area (Å²) in [6, 6.07) is 7.74. The molecule has 3 rings (SSSR count). The second-order valence-corrected chi connectivity index (χ2v) is 6.14. The second-order valence-electron chi connectivity index (χ2n) is 5.15. The molecule has 2 aromatic rings. The third-order valence-corrected chi connectivity index (χ3v) is 4.66. The molecule has 0 N–H and O–H groups in total. The quantitative estimate of drug-likeness (QED) is 0.797. The van der Waals surface area contributed by atoms with Gasteiger partial charge in [0.1, 0.15) is 0 Å². The van der Waals surface area contributed by atoms with Crippen LogP contribution in [0.3, 0.4) is 0 Å². The van der Waals surface area contributed by atoms with E-state index in [0.29, 0.717) is 31.4 Å². The number of fused-ring (bicyclic) bond motifs is 1. The Morgan fingerprint density at radius 2 is 1.91 bits per heavy atom. The molecule has 1 saturated heterocycles. The molecule has 7 heteroatoms. The van der Waals surface area contributed by atoms with Gasteiger partial charge in [0, 0.05) is 26.2 Å². The van der Waals surface area contributed by atoms with E-state index in [1.165, 1.54) is 17.4 Å². The van der Waals surface area contributed by atoms with Crippen molar-refractivity contribution in [3.05, 3.63) is 36.9 Å². The first-order valence-electron chi connectivity index (χ1n) is 7.35. The molecule has 0 bridgehead atoms. The van der Waals surface area contributed by atoms with Crippen molar-refractivity contribution in [2.45, 2.75) is 0 Å². The minimum Gasteiger partial charge on any atom is -0.460 e. The molecular formula is C16H17N3O3S. The van der Waals surface area contributed by atoms with Crippen LogP contribution >= 0.6 is 11.3 Å². The van der Waals surface area contributed by atoms with E-state index in [0.717, 1.165) is 10.2 Å². The number of carbonyl (C=O) groups excluding carboxylic acids is 2. The maximum Gasteiger partial charge on any atom is 0.274 e. The van der Waals surface area contributed by atoms with Gasteiger partial charge in [-0.3, -0.25) is 9.59 Å². The number of hydrogen-bond acceptors (Lipinski definition) is 5. The number of amides is 2. The Morgan fingerprint density at radius 3 is 2.61 bits per heavy atom. The summed E-state index contributed by atoms with van der Waals surface area (Å²) < 4.78 is 6.55. The molecule has 1 fully saturated rings. The Morgan fingerprint density at radius 1 is 1.22 bits per heavy atom. The number of para-hydroxylation sites is 1. The van der Waals surface area contributed by atoms with E-state index in [1.54, 1.807) is 9.80 Å². The fraction of sp³-hybridized carbons (Fsp3) is 0.312. The summed E-state index contributed by atoms with van der Waals surface area (Å²) in [7, 11) is 0. The number of hydrogen-bond donors (Lipinski definition) is 0. The highest BCUT2D eigenvalue weighted by Gasteiger charge is 2.23. The molecular weight excluding hydrogens is 314 g/mol. The zero-order valence-corrected chi connectivity index (χ0v) is 13.4. The molecule has 2 amide bonds. The first-order valence-corrected chi connectivity index (χ1v) is 8.16. The summed E-state index contributed by atoms with van der Waals surface area (Å²) in [5.41, 5.74) is 0.872. The van der Waals surface area contributed by atoms with Crippen molar-refractivity contribution in [1.29, 1.82) is 0 Å². The molecule has 0 spiro atoms. The maximum absolute atomic E-state index is 12.2. The first-order chi connectivity index (χ1) is 11.2. The predicted molar refractivity (Wildman–Crippen MR) is 88.5 cm³/mol. The Balaban J connectivity index is 1.52. The molecule has 0 radical (unpaired) electrons. The van der Waals surface area contributed by atoms with E-state index in [9.17, 15) is 9.59 Å². The Bertz CT molecular complexity index is 702. The van der Waals surface area contributed by atoms with Crippen LogP contribution in [0.5, 0.6) is 5.19 Å². The summed E-state index contributed by atoms with van der Waals surface area (Å²) in [6.45, 7) is 5.52. The minimum atomic E-state index is -0.0946. The molecule has 1 aromatic carbocycles. The Labute approximate surface area is 138 Å². The summed E-state index contributed by atoms with van der Waals surface area (Å²) in [5, 5.41) is 0.500. The molecule has 0 atom stereocenters. The second kappa shape index (κ2) is 6.78. The smallest absolute Gasteiger partial charge is 0.274 e. The lowest BCUT2D eigenvalue weighted by atomic mass is 10.3. The highest BCUT2D eigenvalue weighted by Crippen LogP contribution is 2.27. The van der Waals surface area contributed by atoms with Gasteiger partial charge >= 0.3 is 0 Å². The van der Waals surface area contributed by atoms with Crippen molar-refractivity contribution in [3.63, 3.8) is 0 Å². The van der Waals surface area contributed by atoms with E-state index >= 15 is 0 Å². The molecule has 1 aliphatic rings. The number of benzene rings is 1. The number of aromatic nitrogens is 1. The van der Waals surface area contributed by atoms with Crippen LogP contribution in [0, 0.1) is 0 Å². The molecule has 23 heavy (non-hydrogen) atoms. The van der Waals surface area contributed by atoms with Gasteiger partial charge in [-0.1, -0.05) is 30.0 Å². The zero-order chi connectivity index (χ0) is 16.2. The third-order valence-electron chi connectivity index (χ3n) is 3.71. The largest absolute Gasteiger partial charge is 0.460 e. The number of piperazine rings is 1. The van der Waals surface area contributed by atoms with Crippen molar-refractivity contribution in [3.8, 4) is 5.19 Å². The van der Waals surface area contributed by atoms with Crippen LogP contribution in [0.15, 0.2) is 36.9 Å². The van der Waals surface area contributed by atoms with Gasteiger partial charge < -0.3 is 14.5 Å². The van der Waals surface area contributed by atoms with Crippen molar-refractivity contribution in [2.75, 3.05) is 32.8 Å². The molecule has 0 aliphatic carbocycles. The van der Waals surface area contributed by atoms with Crippen molar-refractivity contribution in [1.82, 2.24) is 14.8 Å². The molecule has 6 nitrogen and oxygen atoms in total. The average molecular weight is 331 g/mol. The van der Waals surface area contributed by atoms with Gasteiger partial charge in [0.25, 0.3) is 11.1 Å². The van der Waals surface area contributed by atoms with Crippen LogP contribution in [0.4, 0.5) is 0 Å². The van der Waals surface area contributed by atoms with Crippen LogP contribution in [0.2, 0.25) is 0 Å². The molecule has 0 unspecified atom stereocenters. The summed E-state index contributed by atoms with van der Waals surface area (Å²) in [5.74, 6) is -0.183. The highest BCUT2D eigenvalue weighted by atomic mass is 32.1. The van der Waals surface area contributed by atoms with Gasteiger partial charge in [0.2, 0.25) is 5.91 Å². The molecule has 0 saturated carbocycles. The molecule has 2 heterocycles. The van der Waals surface area contributed by atoms with Gasteiger partial charge in [-0.25, -0.2) is 4.98 Å². The van der Waals surface area contributed by atoms with E-state index in [-0.39, 0.29) is 18.4 Å². The monoisotopic (exact) mass is 331 g/mol. The summed E-state index contributed by atoms with van der Waals surface area (Å²) in [6.07, 6.45) is 1.30. The zero-order valence-electron chi connectivity index (χ0n) is 12.6. The van der Waals surface area contributed by atoms with Crippen LogP contribution < -0.4 is 4.74 Å². The van der Waals surface area contributed by atoms with E-state index < -0.39 is 0 Å². The van der Waals surface area contributed by atoms with Gasteiger partial charge in [0.05, 0.1) is 10.2 Å². The topological polar surface area (TPSA) is 62.7 Å². The van der Waals surface area contributed by atoms with Crippen molar-refractivity contribution in [2.24, 2.45) is 0 Å². The van der Waals surface area contributed by atoms with E-state index in [1.807, 2.05) is 24.3 Å². The maximum atomic E-state index is 12.2. The molecule has 1 aromatic heterocycles. The van der Waals surface area contributed by atoms with E-state index in [2.05, 4.69) is 11.6 Å². The summed E-state index contributed by atoms with van der Waals surface area (Å²) >= 11 is 1.43. The van der Waals surface area contributed by atoms with Crippen LogP contribution in [0.1, 0.15) is 0 Å².